The summed E-state index contributed by atoms with van der Waals surface area (Å²) >= 11 is 0. The van der Waals surface area contributed by atoms with E-state index in [2.05, 4.69) is 0 Å². The molecule has 0 heterocycles. The molecule has 0 saturated heterocycles. The number of hydrogen-bond donors (Lipinski definition) is 0. The van der Waals surface area contributed by atoms with E-state index >= 15 is 0 Å². The zero-order valence-electron chi connectivity index (χ0n) is 11.7. The maximum absolute atomic E-state index is 12.4. The minimum Gasteiger partial charge on any atom is -0.497 e. The first-order valence-corrected chi connectivity index (χ1v) is 6.44. The van der Waals surface area contributed by atoms with Gasteiger partial charge in [-0.25, -0.2) is 0 Å². The summed E-state index contributed by atoms with van der Waals surface area (Å²) in [5.74, 6) is 1.29. The van der Waals surface area contributed by atoms with Crippen LogP contribution in [0.3, 0.4) is 0 Å². The summed E-state index contributed by atoms with van der Waals surface area (Å²) < 4.78 is 15.9. The van der Waals surface area contributed by atoms with Crippen molar-refractivity contribution in [1.29, 1.82) is 0 Å². The van der Waals surface area contributed by atoms with E-state index in [4.69, 9.17) is 14.2 Å². The summed E-state index contributed by atoms with van der Waals surface area (Å²) in [6.45, 7) is 0. The van der Waals surface area contributed by atoms with Crippen LogP contribution in [0.4, 0.5) is 0 Å². The van der Waals surface area contributed by atoms with Gasteiger partial charge in [0.25, 0.3) is 0 Å². The van der Waals surface area contributed by atoms with Crippen LogP contribution in [0, 0.1) is 0 Å². The van der Waals surface area contributed by atoms with Crippen molar-refractivity contribution in [3.8, 4) is 11.5 Å². The first-order valence-electron chi connectivity index (χ1n) is 6.44. The first kappa shape index (κ1) is 13.9. The average molecular weight is 264 g/mol. The molecule has 0 N–H and O–H groups in total. The second-order valence-corrected chi connectivity index (χ2v) is 4.91. The molecule has 1 aromatic rings. The summed E-state index contributed by atoms with van der Waals surface area (Å²) in [6.07, 6.45) is 3.44. The van der Waals surface area contributed by atoms with Crippen LogP contribution in [0.1, 0.15) is 36.0 Å². The molecule has 19 heavy (non-hydrogen) atoms. The van der Waals surface area contributed by atoms with Crippen molar-refractivity contribution in [3.63, 3.8) is 0 Å². The van der Waals surface area contributed by atoms with Crippen LogP contribution < -0.4 is 9.47 Å². The third-order valence-corrected chi connectivity index (χ3v) is 3.89. The average Bonchev–Trinajstić information content (AvgIpc) is 2.41. The molecule has 1 saturated carbocycles. The Labute approximate surface area is 113 Å². The molecule has 1 aliphatic rings. The number of hydrogen-bond acceptors (Lipinski definition) is 4. The van der Waals surface area contributed by atoms with E-state index in [0.29, 0.717) is 23.5 Å². The Morgan fingerprint density at radius 2 is 1.95 bits per heavy atom. The molecule has 2 rings (SSSR count). The second-order valence-electron chi connectivity index (χ2n) is 4.91. The van der Waals surface area contributed by atoms with E-state index < -0.39 is 0 Å². The minimum atomic E-state index is -0.262. The van der Waals surface area contributed by atoms with Gasteiger partial charge in [-0.15, -0.1) is 0 Å². The molecule has 0 spiro atoms. The fourth-order valence-electron chi connectivity index (χ4n) is 2.44. The molecule has 0 unspecified atom stereocenters. The third-order valence-electron chi connectivity index (χ3n) is 3.89. The predicted octanol–water partition coefficient (Wildman–Crippen LogP) is 2.85. The lowest BCUT2D eigenvalue weighted by atomic mass is 9.75. The Bertz CT molecular complexity index is 458. The number of Topliss-reactive ketones (excluding diaryl/α,β-unsaturated/α-hetero) is 1. The number of benzene rings is 1. The number of methoxy groups -OCH3 is 3. The molecular weight excluding hydrogens is 244 g/mol. The first-order chi connectivity index (χ1) is 9.14. The van der Waals surface area contributed by atoms with Crippen LogP contribution in [0.15, 0.2) is 18.2 Å². The van der Waals surface area contributed by atoms with Crippen LogP contribution in [0.25, 0.3) is 0 Å². The zero-order chi connectivity index (χ0) is 13.9. The van der Waals surface area contributed by atoms with Crippen molar-refractivity contribution in [3.05, 3.63) is 23.8 Å². The summed E-state index contributed by atoms with van der Waals surface area (Å²) in [6, 6.07) is 5.26. The van der Waals surface area contributed by atoms with Crippen molar-refractivity contribution in [1.82, 2.24) is 0 Å². The minimum absolute atomic E-state index is 0.0565. The third kappa shape index (κ3) is 2.73. The number of ketones is 1. The van der Waals surface area contributed by atoms with Crippen LogP contribution in [0.2, 0.25) is 0 Å². The smallest absolute Gasteiger partial charge is 0.169 e. The van der Waals surface area contributed by atoms with Crippen molar-refractivity contribution >= 4 is 5.78 Å². The van der Waals surface area contributed by atoms with Gasteiger partial charge in [0.1, 0.15) is 11.5 Å². The van der Waals surface area contributed by atoms with E-state index in [-0.39, 0.29) is 11.4 Å². The number of ether oxygens (including phenoxy) is 3. The van der Waals surface area contributed by atoms with Crippen LogP contribution in [-0.2, 0) is 4.74 Å². The highest BCUT2D eigenvalue weighted by molar-refractivity contribution is 5.99. The van der Waals surface area contributed by atoms with E-state index in [9.17, 15) is 4.79 Å². The molecule has 1 aliphatic carbocycles. The zero-order valence-corrected chi connectivity index (χ0v) is 11.7. The second kappa shape index (κ2) is 5.61. The topological polar surface area (TPSA) is 44.8 Å². The van der Waals surface area contributed by atoms with Gasteiger partial charge in [-0.2, -0.15) is 0 Å². The molecule has 0 bridgehead atoms. The van der Waals surface area contributed by atoms with E-state index in [1.165, 1.54) is 0 Å². The standard InChI is InChI=1S/C15H20O4/c1-17-11-5-6-12(14(9-11)18-2)13(16)10-15(19-3)7-4-8-15/h5-6,9H,4,7-8,10H2,1-3H3. The monoisotopic (exact) mass is 264 g/mol. The number of carbonyl (C=O) groups excluding carboxylic acids is 1. The fourth-order valence-corrected chi connectivity index (χ4v) is 2.44. The SMILES string of the molecule is COc1ccc(C(=O)CC2(OC)CCC2)c(OC)c1. The van der Waals surface area contributed by atoms with Crippen LogP contribution >= 0.6 is 0 Å². The van der Waals surface area contributed by atoms with Gasteiger partial charge >= 0.3 is 0 Å². The van der Waals surface area contributed by atoms with Gasteiger partial charge in [-0.05, 0) is 31.4 Å². The van der Waals surface area contributed by atoms with Gasteiger partial charge in [0.2, 0.25) is 0 Å². The molecule has 0 atom stereocenters. The van der Waals surface area contributed by atoms with E-state index in [1.54, 1.807) is 39.5 Å². The Morgan fingerprint density at radius 3 is 2.42 bits per heavy atom. The summed E-state index contributed by atoms with van der Waals surface area (Å²) in [5, 5.41) is 0. The molecule has 104 valence electrons. The maximum atomic E-state index is 12.4. The lowest BCUT2D eigenvalue weighted by Crippen LogP contribution is -2.41. The Kier molecular flexibility index (Phi) is 4.10. The van der Waals surface area contributed by atoms with E-state index in [1.807, 2.05) is 0 Å². The number of carbonyl (C=O) groups is 1. The molecule has 0 amide bonds. The molecule has 4 nitrogen and oxygen atoms in total. The lowest BCUT2D eigenvalue weighted by Gasteiger charge is -2.40. The van der Waals surface area contributed by atoms with Gasteiger partial charge in [-0.3, -0.25) is 4.79 Å². The highest BCUT2D eigenvalue weighted by Gasteiger charge is 2.39. The molecule has 4 heteroatoms. The van der Waals surface area contributed by atoms with E-state index in [0.717, 1.165) is 19.3 Å². The highest BCUT2D eigenvalue weighted by Crippen LogP contribution is 2.39. The highest BCUT2D eigenvalue weighted by atomic mass is 16.5. The quantitative estimate of drug-likeness (QED) is 0.741. The number of rotatable bonds is 6. The predicted molar refractivity (Wildman–Crippen MR) is 72.1 cm³/mol. The Balaban J connectivity index is 2.18. The van der Waals surface area contributed by atoms with Crippen molar-refractivity contribution in [2.24, 2.45) is 0 Å². The Hall–Kier alpha value is -1.55. The molecule has 1 fully saturated rings. The van der Waals surface area contributed by atoms with Gasteiger partial charge in [0.05, 0.1) is 25.4 Å². The van der Waals surface area contributed by atoms with Crippen molar-refractivity contribution in [2.45, 2.75) is 31.3 Å². The molecule has 0 aromatic heterocycles. The van der Waals surface area contributed by atoms with Gasteiger partial charge in [0.15, 0.2) is 5.78 Å². The van der Waals surface area contributed by atoms with Gasteiger partial charge in [-0.1, -0.05) is 0 Å². The normalized spacial score (nSPS) is 16.6. The van der Waals surface area contributed by atoms with Crippen LogP contribution in [0.5, 0.6) is 11.5 Å². The largest absolute Gasteiger partial charge is 0.497 e. The van der Waals surface area contributed by atoms with Gasteiger partial charge < -0.3 is 14.2 Å². The Morgan fingerprint density at radius 1 is 1.21 bits per heavy atom. The molecular formula is C15H20O4. The van der Waals surface area contributed by atoms with Crippen LogP contribution in [-0.4, -0.2) is 32.7 Å². The maximum Gasteiger partial charge on any atom is 0.169 e. The molecule has 1 aromatic carbocycles. The summed E-state index contributed by atoms with van der Waals surface area (Å²) in [5.41, 5.74) is 0.328. The van der Waals surface area contributed by atoms with Crippen molar-refractivity contribution < 1.29 is 19.0 Å². The summed E-state index contributed by atoms with van der Waals surface area (Å²) in [4.78, 5) is 12.4. The molecule has 0 radical (unpaired) electrons. The van der Waals surface area contributed by atoms with Crippen molar-refractivity contribution in [2.75, 3.05) is 21.3 Å². The van der Waals surface area contributed by atoms with Gasteiger partial charge in [0, 0.05) is 19.6 Å². The summed E-state index contributed by atoms with van der Waals surface area (Å²) in [7, 11) is 4.82. The lowest BCUT2D eigenvalue weighted by molar-refractivity contribution is -0.0705. The molecule has 0 aliphatic heterocycles. The fraction of sp³-hybridized carbons (Fsp3) is 0.533.